The van der Waals surface area contributed by atoms with Crippen LogP contribution in [-0.2, 0) is 16.0 Å². The highest BCUT2D eigenvalue weighted by Crippen LogP contribution is 2.41. The van der Waals surface area contributed by atoms with Crippen LogP contribution in [0.4, 0.5) is 16.0 Å². The number of fused-ring (bicyclic) bond motifs is 2. The van der Waals surface area contributed by atoms with Crippen molar-refractivity contribution in [2.45, 2.75) is 18.9 Å². The zero-order chi connectivity index (χ0) is 24.0. The maximum Gasteiger partial charge on any atom is 0.146 e. The number of hydrogen-bond acceptors (Lipinski definition) is 7. The third kappa shape index (κ3) is 3.58. The highest BCUT2D eigenvalue weighted by Gasteiger charge is 2.38. The number of halogens is 2. The summed E-state index contributed by atoms with van der Waals surface area (Å²) in [5.41, 5.74) is 14.0. The van der Waals surface area contributed by atoms with Gasteiger partial charge in [-0.05, 0) is 42.7 Å². The number of hydrogen-bond donors (Lipinski definition) is 2. The number of aromatic nitrogens is 4. The van der Waals surface area contributed by atoms with Crippen LogP contribution in [0.15, 0.2) is 48.4 Å². The second-order valence-corrected chi connectivity index (χ2v) is 8.73. The van der Waals surface area contributed by atoms with Gasteiger partial charge in [-0.1, -0.05) is 23.3 Å². The summed E-state index contributed by atoms with van der Waals surface area (Å²) in [5, 5.41) is 1.48. The third-order valence-electron chi connectivity index (χ3n) is 6.43. The lowest BCUT2D eigenvalue weighted by molar-refractivity contribution is -0.118. The molecule has 0 spiro atoms. The van der Waals surface area contributed by atoms with E-state index in [9.17, 15) is 14.0 Å². The fourth-order valence-corrected chi connectivity index (χ4v) is 4.85. The number of benzene rings is 1. The number of allylic oxidation sites excluding steroid dienone is 2. The van der Waals surface area contributed by atoms with E-state index in [1.54, 1.807) is 24.4 Å². The Bertz CT molecular complexity index is 1480. The predicted octanol–water partition coefficient (Wildman–Crippen LogP) is 3.68. The van der Waals surface area contributed by atoms with Crippen molar-refractivity contribution in [2.24, 2.45) is 11.8 Å². The number of aryl methyl sites for hydroxylation is 1. The van der Waals surface area contributed by atoms with Gasteiger partial charge in [0.05, 0.1) is 27.9 Å². The monoisotopic (exact) mass is 478 g/mol. The van der Waals surface area contributed by atoms with Gasteiger partial charge in [0.2, 0.25) is 0 Å². The van der Waals surface area contributed by atoms with Crippen LogP contribution in [0.25, 0.3) is 21.9 Å². The Morgan fingerprint density at radius 1 is 1.09 bits per heavy atom. The molecule has 1 aliphatic rings. The molecule has 3 heterocycles. The van der Waals surface area contributed by atoms with Gasteiger partial charge in [-0.3, -0.25) is 0 Å². The number of rotatable bonds is 6. The summed E-state index contributed by atoms with van der Waals surface area (Å²) in [6, 6.07) is 5.95. The first kappa shape index (κ1) is 22.0. The molecule has 8 nitrogen and oxygen atoms in total. The highest BCUT2D eigenvalue weighted by molar-refractivity contribution is 6.33. The highest BCUT2D eigenvalue weighted by atomic mass is 35.5. The second-order valence-electron chi connectivity index (χ2n) is 8.32. The van der Waals surface area contributed by atoms with Gasteiger partial charge < -0.3 is 25.6 Å². The number of aldehydes is 2. The van der Waals surface area contributed by atoms with Crippen molar-refractivity contribution < 1.29 is 14.0 Å². The topological polar surface area (TPSA) is 130 Å². The molecule has 5 rings (SSSR count). The number of carbonyl (C=O) groups is 2. The molecule has 0 bridgehead atoms. The maximum atomic E-state index is 14.8. The lowest BCUT2D eigenvalue weighted by Gasteiger charge is -2.19. The number of nitrogens with zero attached hydrogens (tertiary/aromatic N) is 4. The van der Waals surface area contributed by atoms with Crippen LogP contribution >= 0.6 is 11.6 Å². The van der Waals surface area contributed by atoms with Crippen molar-refractivity contribution in [1.29, 1.82) is 0 Å². The fraction of sp³-hybridized carbons (Fsp3) is 0.208. The standard InChI is InChI=1S/C24H20ClFN6O2/c25-18-5-14-6-19(26)13(7-20(14)31-23(18)28)2-1-12-8-21(17(10-34)16(12)9-33)32-4-3-15-22(27)29-11-30-24(15)32/h3-11,16-17,21H,1-2H2,(H2,28,31)(H2,27,29,30)/t16-,17-,21+/m0/s1. The molecule has 3 aromatic heterocycles. The smallest absolute Gasteiger partial charge is 0.146 e. The molecule has 1 aliphatic carbocycles. The molecule has 4 N–H and O–H groups in total. The minimum atomic E-state index is -0.616. The van der Waals surface area contributed by atoms with E-state index in [0.29, 0.717) is 46.2 Å². The maximum absolute atomic E-state index is 14.8. The summed E-state index contributed by atoms with van der Waals surface area (Å²) >= 11 is 5.99. The Hall–Kier alpha value is -3.85. The fourth-order valence-electron chi connectivity index (χ4n) is 4.69. The van der Waals surface area contributed by atoms with Gasteiger partial charge in [0.25, 0.3) is 0 Å². The lowest BCUT2D eigenvalue weighted by Crippen LogP contribution is -2.22. The van der Waals surface area contributed by atoms with Gasteiger partial charge in [0, 0.05) is 17.5 Å². The number of nitrogens with two attached hydrogens (primary N) is 2. The Morgan fingerprint density at radius 2 is 1.91 bits per heavy atom. The summed E-state index contributed by atoms with van der Waals surface area (Å²) in [6.45, 7) is 0. The summed E-state index contributed by atoms with van der Waals surface area (Å²) < 4.78 is 16.6. The summed E-state index contributed by atoms with van der Waals surface area (Å²) in [5.74, 6) is -1.11. The van der Waals surface area contributed by atoms with Crippen molar-refractivity contribution in [3.05, 3.63) is 64.8 Å². The van der Waals surface area contributed by atoms with Gasteiger partial charge in [0.1, 0.15) is 42.0 Å². The molecule has 34 heavy (non-hydrogen) atoms. The molecule has 0 aliphatic heterocycles. The van der Waals surface area contributed by atoms with E-state index >= 15 is 0 Å². The van der Waals surface area contributed by atoms with Crippen LogP contribution in [0, 0.1) is 17.7 Å². The Kier molecular flexibility index (Phi) is 5.49. The minimum Gasteiger partial charge on any atom is -0.383 e. The van der Waals surface area contributed by atoms with Crippen molar-refractivity contribution in [3.63, 3.8) is 0 Å². The second kappa shape index (κ2) is 8.49. The van der Waals surface area contributed by atoms with E-state index in [0.717, 1.165) is 18.1 Å². The van der Waals surface area contributed by atoms with E-state index in [-0.39, 0.29) is 10.8 Å². The van der Waals surface area contributed by atoms with Crippen molar-refractivity contribution in [2.75, 3.05) is 11.5 Å². The Morgan fingerprint density at radius 3 is 2.68 bits per heavy atom. The average Bonchev–Trinajstić information content (AvgIpc) is 3.40. The van der Waals surface area contributed by atoms with Crippen LogP contribution < -0.4 is 11.5 Å². The molecular weight excluding hydrogens is 459 g/mol. The van der Waals surface area contributed by atoms with E-state index in [4.69, 9.17) is 23.1 Å². The number of nitrogen functional groups attached to an aromatic ring is 2. The van der Waals surface area contributed by atoms with Gasteiger partial charge in [-0.2, -0.15) is 0 Å². The van der Waals surface area contributed by atoms with Gasteiger partial charge in [-0.15, -0.1) is 0 Å². The van der Waals surface area contributed by atoms with Gasteiger partial charge >= 0.3 is 0 Å². The third-order valence-corrected chi connectivity index (χ3v) is 6.74. The first-order valence-corrected chi connectivity index (χ1v) is 11.0. The molecule has 4 aromatic rings. The van der Waals surface area contributed by atoms with Crippen LogP contribution in [-0.4, -0.2) is 32.1 Å². The van der Waals surface area contributed by atoms with Crippen LogP contribution in [0.1, 0.15) is 18.0 Å². The van der Waals surface area contributed by atoms with E-state index in [2.05, 4.69) is 15.0 Å². The first-order chi connectivity index (χ1) is 16.4. The summed E-state index contributed by atoms with van der Waals surface area (Å²) in [6.07, 6.45) is 7.32. The van der Waals surface area contributed by atoms with E-state index in [1.807, 2.05) is 10.6 Å². The number of anilines is 2. The molecule has 0 radical (unpaired) electrons. The molecule has 1 aromatic carbocycles. The molecule has 10 heteroatoms. The zero-order valence-electron chi connectivity index (χ0n) is 17.9. The average molecular weight is 479 g/mol. The number of carbonyl (C=O) groups excluding carboxylic acids is 2. The SMILES string of the molecule is Nc1nc2cc(CCC3=C[C@@H](n4ccc5c(N)ncnc54)[C@@H](C=O)[C@H]3C=O)c(F)cc2cc1Cl. The molecule has 0 unspecified atom stereocenters. The molecule has 0 amide bonds. The molecule has 0 saturated carbocycles. The van der Waals surface area contributed by atoms with E-state index in [1.165, 1.54) is 12.4 Å². The molecule has 0 saturated heterocycles. The van der Waals surface area contributed by atoms with Crippen LogP contribution in [0.3, 0.4) is 0 Å². The molecule has 0 fully saturated rings. The molecular formula is C24H20ClFN6O2. The van der Waals surface area contributed by atoms with Gasteiger partial charge in [0.15, 0.2) is 0 Å². The minimum absolute atomic E-state index is 0.173. The molecule has 3 atom stereocenters. The largest absolute Gasteiger partial charge is 0.383 e. The normalized spacial score (nSPS) is 20.1. The Balaban J connectivity index is 1.47. The van der Waals surface area contributed by atoms with Crippen molar-refractivity contribution in [3.8, 4) is 0 Å². The first-order valence-electron chi connectivity index (χ1n) is 10.6. The van der Waals surface area contributed by atoms with Crippen molar-refractivity contribution >= 4 is 57.7 Å². The predicted molar refractivity (Wildman–Crippen MR) is 128 cm³/mol. The lowest BCUT2D eigenvalue weighted by atomic mass is 9.89. The van der Waals surface area contributed by atoms with Crippen LogP contribution in [0.5, 0.6) is 0 Å². The quantitative estimate of drug-likeness (QED) is 0.319. The Labute approximate surface area is 198 Å². The number of pyridine rings is 1. The zero-order valence-corrected chi connectivity index (χ0v) is 18.6. The molecule has 172 valence electrons. The summed E-state index contributed by atoms with van der Waals surface area (Å²) in [7, 11) is 0. The van der Waals surface area contributed by atoms with Crippen molar-refractivity contribution in [1.82, 2.24) is 19.5 Å². The summed E-state index contributed by atoms with van der Waals surface area (Å²) in [4.78, 5) is 36.5. The van der Waals surface area contributed by atoms with Crippen LogP contribution in [0.2, 0.25) is 5.02 Å². The van der Waals surface area contributed by atoms with E-state index < -0.39 is 23.7 Å². The van der Waals surface area contributed by atoms with Gasteiger partial charge in [-0.25, -0.2) is 19.3 Å².